The maximum atomic E-state index is 8.61. The molecule has 0 saturated carbocycles. The van der Waals surface area contributed by atoms with E-state index in [0.717, 1.165) is 10.9 Å². The summed E-state index contributed by atoms with van der Waals surface area (Å²) in [5, 5.41) is 8.61. The Kier molecular flexibility index (Phi) is 2.89. The van der Waals surface area contributed by atoms with Crippen LogP contribution in [0.3, 0.4) is 0 Å². The van der Waals surface area contributed by atoms with Gasteiger partial charge in [0.15, 0.2) is 0 Å². The monoisotopic (exact) mass is 220 g/mol. The van der Waals surface area contributed by atoms with Crippen LogP contribution >= 0.6 is 27.3 Å². The SMILES string of the molecule is Cc1sc(CCO)cc1Br. The van der Waals surface area contributed by atoms with Crippen molar-refractivity contribution in [3.63, 3.8) is 0 Å². The summed E-state index contributed by atoms with van der Waals surface area (Å²) in [6.45, 7) is 2.31. The molecule has 0 fully saturated rings. The summed E-state index contributed by atoms with van der Waals surface area (Å²) in [6.07, 6.45) is 0.775. The second kappa shape index (κ2) is 3.51. The van der Waals surface area contributed by atoms with Gasteiger partial charge in [-0.25, -0.2) is 0 Å². The molecule has 0 bridgehead atoms. The first-order chi connectivity index (χ1) is 4.74. The Morgan fingerprint density at radius 1 is 1.70 bits per heavy atom. The van der Waals surface area contributed by atoms with Crippen LogP contribution in [0.1, 0.15) is 9.75 Å². The third kappa shape index (κ3) is 1.81. The molecule has 1 rings (SSSR count). The zero-order chi connectivity index (χ0) is 7.56. The van der Waals surface area contributed by atoms with Gasteiger partial charge in [-0.15, -0.1) is 11.3 Å². The van der Waals surface area contributed by atoms with Crippen LogP contribution in [0.25, 0.3) is 0 Å². The highest BCUT2D eigenvalue weighted by Crippen LogP contribution is 2.26. The van der Waals surface area contributed by atoms with Crippen molar-refractivity contribution in [2.24, 2.45) is 0 Å². The van der Waals surface area contributed by atoms with Gasteiger partial charge in [0.2, 0.25) is 0 Å². The second-order valence-corrected chi connectivity index (χ2v) is 4.29. The summed E-state index contributed by atoms with van der Waals surface area (Å²) in [5.74, 6) is 0. The minimum atomic E-state index is 0.242. The predicted molar refractivity (Wildman–Crippen MR) is 47.5 cm³/mol. The number of hydrogen-bond donors (Lipinski definition) is 1. The number of aliphatic hydroxyl groups is 1. The topological polar surface area (TPSA) is 20.2 Å². The summed E-state index contributed by atoms with van der Waals surface area (Å²) < 4.78 is 1.15. The lowest BCUT2D eigenvalue weighted by atomic mass is 10.3. The minimum Gasteiger partial charge on any atom is -0.396 e. The van der Waals surface area contributed by atoms with Gasteiger partial charge in [-0.1, -0.05) is 0 Å². The first-order valence-electron chi connectivity index (χ1n) is 3.09. The van der Waals surface area contributed by atoms with Gasteiger partial charge in [-0.05, 0) is 28.9 Å². The molecule has 1 nitrogen and oxygen atoms in total. The molecular weight excluding hydrogens is 212 g/mol. The smallest absolute Gasteiger partial charge is 0.0479 e. The van der Waals surface area contributed by atoms with E-state index < -0.39 is 0 Å². The third-order valence-electron chi connectivity index (χ3n) is 1.27. The summed E-state index contributed by atoms with van der Waals surface area (Å²) in [7, 11) is 0. The summed E-state index contributed by atoms with van der Waals surface area (Å²) in [4.78, 5) is 2.52. The molecule has 0 spiro atoms. The van der Waals surface area contributed by atoms with E-state index in [1.807, 2.05) is 0 Å². The molecule has 10 heavy (non-hydrogen) atoms. The Labute approximate surface area is 72.8 Å². The van der Waals surface area contributed by atoms with E-state index >= 15 is 0 Å². The van der Waals surface area contributed by atoms with E-state index in [1.165, 1.54) is 9.75 Å². The molecule has 0 radical (unpaired) electrons. The average molecular weight is 221 g/mol. The highest BCUT2D eigenvalue weighted by molar-refractivity contribution is 9.10. The largest absolute Gasteiger partial charge is 0.396 e. The van der Waals surface area contributed by atoms with Gasteiger partial charge < -0.3 is 5.11 Å². The van der Waals surface area contributed by atoms with Gasteiger partial charge in [0, 0.05) is 27.3 Å². The van der Waals surface area contributed by atoms with Gasteiger partial charge in [0.05, 0.1) is 0 Å². The molecular formula is C7H9BrOS. The lowest BCUT2D eigenvalue weighted by molar-refractivity contribution is 0.300. The second-order valence-electron chi connectivity index (χ2n) is 2.09. The summed E-state index contributed by atoms with van der Waals surface area (Å²) in [6, 6.07) is 2.07. The van der Waals surface area contributed by atoms with Gasteiger partial charge in [-0.3, -0.25) is 0 Å². The van der Waals surface area contributed by atoms with E-state index in [2.05, 4.69) is 28.9 Å². The van der Waals surface area contributed by atoms with Crippen molar-refractivity contribution < 1.29 is 5.11 Å². The summed E-state index contributed by atoms with van der Waals surface area (Å²) in [5.41, 5.74) is 0. The Hall–Kier alpha value is 0.140. The van der Waals surface area contributed by atoms with Crippen molar-refractivity contribution in [3.8, 4) is 0 Å². The fourth-order valence-corrected chi connectivity index (χ4v) is 2.34. The fourth-order valence-electron chi connectivity index (χ4n) is 0.751. The molecule has 1 heterocycles. The van der Waals surface area contributed by atoms with Crippen molar-refractivity contribution in [2.75, 3.05) is 6.61 Å². The van der Waals surface area contributed by atoms with Crippen LogP contribution in [0.2, 0.25) is 0 Å². The Morgan fingerprint density at radius 3 is 2.80 bits per heavy atom. The first kappa shape index (κ1) is 8.24. The molecule has 0 amide bonds. The van der Waals surface area contributed by atoms with Crippen LogP contribution in [-0.4, -0.2) is 11.7 Å². The molecule has 1 aromatic heterocycles. The Bertz CT molecular complexity index is 200. The molecule has 0 aliphatic heterocycles. The fraction of sp³-hybridized carbons (Fsp3) is 0.429. The van der Waals surface area contributed by atoms with Crippen molar-refractivity contribution in [1.29, 1.82) is 0 Å². The molecule has 1 aromatic rings. The van der Waals surface area contributed by atoms with Crippen LogP contribution in [0, 0.1) is 6.92 Å². The molecule has 0 aliphatic carbocycles. The molecule has 0 aliphatic rings. The lowest BCUT2D eigenvalue weighted by Gasteiger charge is -1.86. The third-order valence-corrected chi connectivity index (χ3v) is 3.46. The van der Waals surface area contributed by atoms with Crippen LogP contribution < -0.4 is 0 Å². The Morgan fingerprint density at radius 2 is 2.40 bits per heavy atom. The highest BCUT2D eigenvalue weighted by atomic mass is 79.9. The normalized spacial score (nSPS) is 10.3. The minimum absolute atomic E-state index is 0.242. The van der Waals surface area contributed by atoms with E-state index in [4.69, 9.17) is 5.11 Å². The van der Waals surface area contributed by atoms with Crippen LogP contribution in [0.4, 0.5) is 0 Å². The van der Waals surface area contributed by atoms with Crippen molar-refractivity contribution in [1.82, 2.24) is 0 Å². The molecule has 0 atom stereocenters. The maximum Gasteiger partial charge on any atom is 0.0479 e. The molecule has 0 saturated heterocycles. The number of thiophene rings is 1. The van der Waals surface area contributed by atoms with Crippen molar-refractivity contribution in [2.45, 2.75) is 13.3 Å². The standard InChI is InChI=1S/C7H9BrOS/c1-5-7(8)4-6(10-5)2-3-9/h4,9H,2-3H2,1H3. The first-order valence-corrected chi connectivity index (χ1v) is 4.70. The van der Waals surface area contributed by atoms with Gasteiger partial charge >= 0.3 is 0 Å². The van der Waals surface area contributed by atoms with E-state index in [1.54, 1.807) is 11.3 Å². The van der Waals surface area contributed by atoms with E-state index in [9.17, 15) is 0 Å². The molecule has 1 N–H and O–H groups in total. The molecule has 0 unspecified atom stereocenters. The van der Waals surface area contributed by atoms with Crippen molar-refractivity contribution in [3.05, 3.63) is 20.3 Å². The molecule has 0 aromatic carbocycles. The highest BCUT2D eigenvalue weighted by Gasteiger charge is 2.00. The molecule has 3 heteroatoms. The number of aliphatic hydroxyl groups excluding tert-OH is 1. The number of halogens is 1. The Balaban J connectivity index is 2.77. The quantitative estimate of drug-likeness (QED) is 0.812. The maximum absolute atomic E-state index is 8.61. The van der Waals surface area contributed by atoms with Crippen LogP contribution in [-0.2, 0) is 6.42 Å². The average Bonchev–Trinajstić information content (AvgIpc) is 2.14. The van der Waals surface area contributed by atoms with E-state index in [-0.39, 0.29) is 6.61 Å². The van der Waals surface area contributed by atoms with Crippen LogP contribution in [0.5, 0.6) is 0 Å². The number of aryl methyl sites for hydroxylation is 1. The predicted octanol–water partition coefficient (Wildman–Crippen LogP) is 2.35. The van der Waals surface area contributed by atoms with Gasteiger partial charge in [0.1, 0.15) is 0 Å². The molecule has 56 valence electrons. The van der Waals surface area contributed by atoms with Gasteiger partial charge in [0.25, 0.3) is 0 Å². The van der Waals surface area contributed by atoms with Crippen LogP contribution in [0.15, 0.2) is 10.5 Å². The summed E-state index contributed by atoms with van der Waals surface area (Å²) >= 11 is 5.15. The zero-order valence-corrected chi connectivity index (χ0v) is 8.13. The number of hydrogen-bond acceptors (Lipinski definition) is 2. The lowest BCUT2D eigenvalue weighted by Crippen LogP contribution is -1.84. The van der Waals surface area contributed by atoms with Gasteiger partial charge in [-0.2, -0.15) is 0 Å². The van der Waals surface area contributed by atoms with Crippen molar-refractivity contribution >= 4 is 27.3 Å². The number of rotatable bonds is 2. The zero-order valence-electron chi connectivity index (χ0n) is 5.72. The van der Waals surface area contributed by atoms with E-state index in [0.29, 0.717) is 0 Å².